The largest absolute Gasteiger partial charge is 0.331 e. The Bertz CT molecular complexity index is 798. The van der Waals surface area contributed by atoms with Gasteiger partial charge in [-0.1, -0.05) is 30.5 Å². The number of amides is 3. The standard InChI is InChI=1S/C23H31N3O2/c1-4-5-6-7-21(27)26-15-12-23(17-26)10-13-25(14-11-23)22(28)24-20-9-8-18(2)16-19(20)3/h8-9,16H,4-5,10-15,17H2,1-3H3,(H,24,28). The van der Waals surface area contributed by atoms with E-state index in [1.807, 2.05) is 35.8 Å². The van der Waals surface area contributed by atoms with Crippen molar-refractivity contribution in [2.75, 3.05) is 31.5 Å². The predicted molar refractivity (Wildman–Crippen MR) is 112 cm³/mol. The summed E-state index contributed by atoms with van der Waals surface area (Å²) in [4.78, 5) is 28.7. The van der Waals surface area contributed by atoms with Crippen molar-refractivity contribution in [3.05, 3.63) is 29.3 Å². The molecule has 1 N–H and O–H groups in total. The number of nitrogens with zero attached hydrogens (tertiary/aromatic N) is 2. The van der Waals surface area contributed by atoms with Crippen LogP contribution in [0.4, 0.5) is 10.5 Å². The summed E-state index contributed by atoms with van der Waals surface area (Å²) in [5.74, 6) is 5.69. The van der Waals surface area contributed by atoms with Crippen LogP contribution in [0.2, 0.25) is 0 Å². The molecule has 2 saturated heterocycles. The van der Waals surface area contributed by atoms with Crippen molar-refractivity contribution in [3.8, 4) is 11.8 Å². The van der Waals surface area contributed by atoms with Gasteiger partial charge < -0.3 is 15.1 Å². The van der Waals surface area contributed by atoms with E-state index in [2.05, 4.69) is 30.1 Å². The van der Waals surface area contributed by atoms with Crippen LogP contribution in [0.1, 0.15) is 50.2 Å². The Morgan fingerprint density at radius 3 is 2.43 bits per heavy atom. The maximum atomic E-state index is 12.7. The fourth-order valence-electron chi connectivity index (χ4n) is 4.19. The molecule has 150 valence electrons. The molecule has 1 spiro atoms. The third-order valence-corrected chi connectivity index (χ3v) is 6.03. The lowest BCUT2D eigenvalue weighted by Crippen LogP contribution is -2.46. The van der Waals surface area contributed by atoms with Gasteiger partial charge in [-0.25, -0.2) is 4.79 Å². The van der Waals surface area contributed by atoms with Gasteiger partial charge in [0.15, 0.2) is 0 Å². The van der Waals surface area contributed by atoms with Gasteiger partial charge in [-0.05, 0) is 62.5 Å². The van der Waals surface area contributed by atoms with E-state index in [0.717, 1.165) is 69.5 Å². The van der Waals surface area contributed by atoms with Crippen molar-refractivity contribution in [3.63, 3.8) is 0 Å². The maximum absolute atomic E-state index is 12.7. The number of rotatable bonds is 2. The molecule has 1 aromatic rings. The molecule has 28 heavy (non-hydrogen) atoms. The van der Waals surface area contributed by atoms with Gasteiger partial charge in [0.05, 0.1) is 0 Å². The second-order valence-corrected chi connectivity index (χ2v) is 8.26. The molecule has 2 fully saturated rings. The number of urea groups is 1. The monoisotopic (exact) mass is 381 g/mol. The molecule has 3 rings (SSSR count). The van der Waals surface area contributed by atoms with Gasteiger partial charge >= 0.3 is 6.03 Å². The topological polar surface area (TPSA) is 52.7 Å². The summed E-state index contributed by atoms with van der Waals surface area (Å²) in [6.45, 7) is 9.16. The van der Waals surface area contributed by atoms with Crippen molar-refractivity contribution in [2.24, 2.45) is 5.41 Å². The van der Waals surface area contributed by atoms with E-state index in [0.29, 0.717) is 0 Å². The van der Waals surface area contributed by atoms with Gasteiger partial charge in [-0.2, -0.15) is 0 Å². The summed E-state index contributed by atoms with van der Waals surface area (Å²) in [7, 11) is 0. The molecular formula is C23H31N3O2. The zero-order valence-electron chi connectivity index (χ0n) is 17.3. The number of anilines is 1. The third kappa shape index (κ3) is 4.67. The number of aryl methyl sites for hydroxylation is 2. The summed E-state index contributed by atoms with van der Waals surface area (Å²) in [5.41, 5.74) is 3.30. The van der Waals surface area contributed by atoms with E-state index in [9.17, 15) is 9.59 Å². The molecule has 0 saturated carbocycles. The molecule has 0 aromatic heterocycles. The number of piperidine rings is 1. The van der Waals surface area contributed by atoms with Crippen molar-refractivity contribution in [1.82, 2.24) is 9.80 Å². The Morgan fingerprint density at radius 1 is 1.11 bits per heavy atom. The number of unbranched alkanes of at least 4 members (excludes halogenated alkanes) is 1. The molecule has 0 unspecified atom stereocenters. The molecule has 0 bridgehead atoms. The molecule has 5 nitrogen and oxygen atoms in total. The predicted octanol–water partition coefficient (Wildman–Crippen LogP) is 3.95. The summed E-state index contributed by atoms with van der Waals surface area (Å²) in [5, 5.41) is 3.05. The number of hydrogen-bond acceptors (Lipinski definition) is 2. The molecule has 1 aromatic carbocycles. The van der Waals surface area contributed by atoms with Gasteiger partial charge in [0.2, 0.25) is 0 Å². The summed E-state index contributed by atoms with van der Waals surface area (Å²) < 4.78 is 0. The molecule has 0 atom stereocenters. The Kier molecular flexibility index (Phi) is 6.28. The molecule has 2 aliphatic heterocycles. The number of carbonyl (C=O) groups excluding carboxylic acids is 2. The average Bonchev–Trinajstić information content (AvgIpc) is 3.08. The van der Waals surface area contributed by atoms with Crippen LogP contribution in [-0.2, 0) is 4.79 Å². The van der Waals surface area contributed by atoms with E-state index in [1.165, 1.54) is 5.56 Å². The van der Waals surface area contributed by atoms with Crippen LogP contribution in [0.5, 0.6) is 0 Å². The SMILES string of the molecule is CCCC#CC(=O)N1CCC2(CCN(C(=O)Nc3ccc(C)cc3C)CC2)C1. The van der Waals surface area contributed by atoms with E-state index < -0.39 is 0 Å². The second kappa shape index (κ2) is 8.68. The molecule has 0 aliphatic carbocycles. The van der Waals surface area contributed by atoms with E-state index in [4.69, 9.17) is 0 Å². The maximum Gasteiger partial charge on any atom is 0.321 e. The van der Waals surface area contributed by atoms with Crippen molar-refractivity contribution in [2.45, 2.75) is 52.9 Å². The highest BCUT2D eigenvalue weighted by atomic mass is 16.2. The lowest BCUT2D eigenvalue weighted by atomic mass is 9.78. The van der Waals surface area contributed by atoms with Crippen LogP contribution >= 0.6 is 0 Å². The van der Waals surface area contributed by atoms with E-state index in [1.54, 1.807) is 0 Å². The van der Waals surface area contributed by atoms with Gasteiger partial charge in [0.1, 0.15) is 0 Å². The minimum absolute atomic E-state index is 0.0295. The first kappa shape index (κ1) is 20.3. The molecule has 2 heterocycles. The van der Waals surface area contributed by atoms with E-state index >= 15 is 0 Å². The lowest BCUT2D eigenvalue weighted by Gasteiger charge is -2.39. The van der Waals surface area contributed by atoms with Crippen LogP contribution in [0.3, 0.4) is 0 Å². The molecule has 0 radical (unpaired) electrons. The normalized spacial score (nSPS) is 18.0. The summed E-state index contributed by atoms with van der Waals surface area (Å²) >= 11 is 0. The van der Waals surface area contributed by atoms with Crippen molar-refractivity contribution in [1.29, 1.82) is 0 Å². The first-order valence-electron chi connectivity index (χ1n) is 10.3. The molecule has 5 heteroatoms. The van der Waals surface area contributed by atoms with Gasteiger partial charge in [0, 0.05) is 38.3 Å². The number of carbonyl (C=O) groups is 2. The number of hydrogen-bond donors (Lipinski definition) is 1. The Labute approximate surface area is 168 Å². The number of nitrogens with one attached hydrogen (secondary N) is 1. The van der Waals surface area contributed by atoms with Crippen molar-refractivity contribution < 1.29 is 9.59 Å². The first-order valence-corrected chi connectivity index (χ1v) is 10.3. The minimum atomic E-state index is -0.0413. The van der Waals surface area contributed by atoms with E-state index in [-0.39, 0.29) is 17.4 Å². The van der Waals surface area contributed by atoms with Gasteiger partial charge in [-0.15, -0.1) is 0 Å². The smallest absolute Gasteiger partial charge is 0.321 e. The second-order valence-electron chi connectivity index (χ2n) is 8.26. The third-order valence-electron chi connectivity index (χ3n) is 6.03. The van der Waals surface area contributed by atoms with Crippen LogP contribution in [-0.4, -0.2) is 47.9 Å². The zero-order valence-corrected chi connectivity index (χ0v) is 17.3. The molecule has 2 aliphatic rings. The summed E-state index contributed by atoms with van der Waals surface area (Å²) in [6.07, 6.45) is 4.65. The zero-order chi connectivity index (χ0) is 20.1. The van der Waals surface area contributed by atoms with Crippen LogP contribution in [0.15, 0.2) is 18.2 Å². The highest BCUT2D eigenvalue weighted by Crippen LogP contribution is 2.40. The van der Waals surface area contributed by atoms with Crippen LogP contribution in [0.25, 0.3) is 0 Å². The Hall–Kier alpha value is -2.48. The molecule has 3 amide bonds. The fraction of sp³-hybridized carbons (Fsp3) is 0.565. The summed E-state index contributed by atoms with van der Waals surface area (Å²) in [6, 6.07) is 6.03. The molecular weight excluding hydrogens is 350 g/mol. The Morgan fingerprint density at radius 2 is 1.79 bits per heavy atom. The highest BCUT2D eigenvalue weighted by molar-refractivity contribution is 5.93. The quantitative estimate of drug-likeness (QED) is 0.789. The first-order chi connectivity index (χ1) is 13.4. The number of likely N-dealkylation sites (tertiary alicyclic amines) is 2. The fourth-order valence-corrected chi connectivity index (χ4v) is 4.19. The average molecular weight is 382 g/mol. The Balaban J connectivity index is 1.52. The number of benzene rings is 1. The van der Waals surface area contributed by atoms with Crippen LogP contribution in [0, 0.1) is 31.1 Å². The van der Waals surface area contributed by atoms with Gasteiger partial charge in [0.25, 0.3) is 5.91 Å². The van der Waals surface area contributed by atoms with Gasteiger partial charge in [-0.3, -0.25) is 4.79 Å². The minimum Gasteiger partial charge on any atom is -0.331 e. The highest BCUT2D eigenvalue weighted by Gasteiger charge is 2.42. The van der Waals surface area contributed by atoms with Crippen molar-refractivity contribution >= 4 is 17.6 Å². The lowest BCUT2D eigenvalue weighted by molar-refractivity contribution is -0.124. The van der Waals surface area contributed by atoms with Crippen LogP contribution < -0.4 is 5.32 Å².